The summed E-state index contributed by atoms with van der Waals surface area (Å²) in [5, 5.41) is 3.71. The van der Waals surface area contributed by atoms with Crippen LogP contribution in [0.15, 0.2) is 54.6 Å². The van der Waals surface area contributed by atoms with E-state index in [9.17, 15) is 4.79 Å². The molecule has 0 spiro atoms. The van der Waals surface area contributed by atoms with Gasteiger partial charge in [0.1, 0.15) is 6.29 Å². The number of aldehydes is 1. The van der Waals surface area contributed by atoms with E-state index in [1.165, 1.54) is 82.6 Å². The summed E-state index contributed by atoms with van der Waals surface area (Å²) in [4.78, 5) is 12.7. The lowest BCUT2D eigenvalue weighted by Gasteiger charge is -2.44. The van der Waals surface area contributed by atoms with Gasteiger partial charge in [0.05, 0.1) is 6.04 Å². The molecule has 0 aromatic heterocycles. The molecular weight excluding hydrogens is 512 g/mol. The van der Waals surface area contributed by atoms with Gasteiger partial charge in [0.2, 0.25) is 0 Å². The van der Waals surface area contributed by atoms with Crippen molar-refractivity contribution in [3.8, 4) is 0 Å². The standard InChI is InChI=1S/C39H52N2O/c1-22-7-14-33-38(37-31(22)19-32-35-24-8-10-26(35)17-27(11-9-24)36(32)37)39(33,34(40)21-42)29-13-12-25-15-23(16-28(25)18-29)20-41-30-5-3-2-4-6-30/h2-6,12-13,21,23-29,31-38,41H,1,7-11,14-20,40H2/t23-,24+,25+,26-,27+,28+,29-,31+,32+,33+,34-,35-,36-,37-,38+,39+/m0/s1. The van der Waals surface area contributed by atoms with Crippen molar-refractivity contribution < 1.29 is 4.79 Å². The average molecular weight is 565 g/mol. The smallest absolute Gasteiger partial charge is 0.137 e. The number of allylic oxidation sites excluding steroid dienone is 3. The fourth-order valence-corrected chi connectivity index (χ4v) is 14.2. The van der Waals surface area contributed by atoms with E-state index in [4.69, 9.17) is 12.3 Å². The van der Waals surface area contributed by atoms with Crippen molar-refractivity contribution in [3.05, 3.63) is 54.6 Å². The van der Waals surface area contributed by atoms with Crippen molar-refractivity contribution >= 4 is 12.0 Å². The topological polar surface area (TPSA) is 55.1 Å². The first-order valence-corrected chi connectivity index (χ1v) is 17.9. The van der Waals surface area contributed by atoms with Crippen molar-refractivity contribution in [2.24, 2.45) is 94.0 Å². The largest absolute Gasteiger partial charge is 0.385 e. The third-order valence-corrected chi connectivity index (χ3v) is 15.5. The number of nitrogens with two attached hydrogens (primary N) is 1. The molecule has 0 amide bonds. The van der Waals surface area contributed by atoms with E-state index < -0.39 is 0 Å². The zero-order valence-corrected chi connectivity index (χ0v) is 25.5. The van der Waals surface area contributed by atoms with E-state index in [1.807, 2.05) is 0 Å². The van der Waals surface area contributed by atoms with Crippen LogP contribution in [-0.4, -0.2) is 18.9 Å². The lowest BCUT2D eigenvalue weighted by atomic mass is 9.61. The van der Waals surface area contributed by atoms with Crippen LogP contribution in [0.1, 0.15) is 70.6 Å². The molecule has 1 aromatic carbocycles. The van der Waals surface area contributed by atoms with Crippen molar-refractivity contribution in [2.45, 2.75) is 76.7 Å². The number of para-hydroxylation sites is 1. The Hall–Kier alpha value is -1.87. The molecule has 0 unspecified atom stereocenters. The molecule has 42 heavy (non-hydrogen) atoms. The lowest BCUT2D eigenvalue weighted by molar-refractivity contribution is -0.111. The van der Waals surface area contributed by atoms with Crippen LogP contribution in [0, 0.1) is 88.3 Å². The molecule has 16 atom stereocenters. The molecule has 9 aliphatic rings. The van der Waals surface area contributed by atoms with Crippen molar-refractivity contribution in [2.75, 3.05) is 11.9 Å². The summed E-state index contributed by atoms with van der Waals surface area (Å²) in [6.45, 7) is 5.84. The maximum absolute atomic E-state index is 12.7. The Balaban J connectivity index is 0.994. The van der Waals surface area contributed by atoms with Crippen LogP contribution >= 0.6 is 0 Å². The maximum atomic E-state index is 12.7. The van der Waals surface area contributed by atoms with E-state index >= 15 is 0 Å². The Morgan fingerprint density at radius 2 is 1.67 bits per heavy atom. The number of nitrogens with one attached hydrogen (secondary N) is 1. The zero-order valence-electron chi connectivity index (χ0n) is 25.5. The quantitative estimate of drug-likeness (QED) is 0.274. The van der Waals surface area contributed by atoms with Gasteiger partial charge >= 0.3 is 0 Å². The average Bonchev–Trinajstić information content (AvgIpc) is 3.22. The molecule has 0 aliphatic heterocycles. The highest BCUT2D eigenvalue weighted by Crippen LogP contribution is 2.79. The van der Waals surface area contributed by atoms with Crippen LogP contribution in [0.3, 0.4) is 0 Å². The molecular formula is C39H52N2O. The molecule has 3 N–H and O–H groups in total. The molecule has 1 aromatic rings. The first-order chi connectivity index (χ1) is 20.6. The first kappa shape index (κ1) is 26.5. The molecule has 224 valence electrons. The maximum Gasteiger partial charge on any atom is 0.137 e. The molecule has 8 fully saturated rings. The Kier molecular flexibility index (Phi) is 6.20. The Morgan fingerprint density at radius 3 is 2.48 bits per heavy atom. The Bertz CT molecular complexity index is 1250. The predicted octanol–water partition coefficient (Wildman–Crippen LogP) is 7.75. The number of rotatable bonds is 6. The van der Waals surface area contributed by atoms with Crippen LogP contribution in [0.4, 0.5) is 5.69 Å². The predicted molar refractivity (Wildman–Crippen MR) is 169 cm³/mol. The molecule has 0 radical (unpaired) electrons. The van der Waals surface area contributed by atoms with Gasteiger partial charge in [-0.2, -0.15) is 0 Å². The normalized spacial score (nSPS) is 52.0. The van der Waals surface area contributed by atoms with Gasteiger partial charge in [0.15, 0.2) is 0 Å². The molecule has 0 saturated heterocycles. The number of anilines is 1. The van der Waals surface area contributed by atoms with Gasteiger partial charge in [-0.25, -0.2) is 0 Å². The SMILES string of the molecule is C=C1CC[C@@H]2[C@H]([C@@H]3[C@H]4[C@@H]5CC[C@H]6CC[C@@H](C5)[C@H]6[C@H]4C[C@H]13)[C@]2([C@@H](N)C=O)[C@H]1C=C[C@@H]2C[C@H](CNc3ccccc3)C[C@@H]2C1. The van der Waals surface area contributed by atoms with E-state index in [0.29, 0.717) is 29.6 Å². The van der Waals surface area contributed by atoms with Gasteiger partial charge in [-0.15, -0.1) is 0 Å². The van der Waals surface area contributed by atoms with E-state index in [0.717, 1.165) is 59.8 Å². The zero-order chi connectivity index (χ0) is 28.2. The number of carbonyl (C=O) groups is 1. The summed E-state index contributed by atoms with van der Waals surface area (Å²) in [6.07, 6.45) is 21.5. The summed E-state index contributed by atoms with van der Waals surface area (Å²) in [7, 11) is 0. The second kappa shape index (κ2) is 9.82. The number of benzene rings is 1. The summed E-state index contributed by atoms with van der Waals surface area (Å²) >= 11 is 0. The van der Waals surface area contributed by atoms with Crippen LogP contribution in [0.2, 0.25) is 0 Å². The van der Waals surface area contributed by atoms with Crippen molar-refractivity contribution in [3.63, 3.8) is 0 Å². The minimum Gasteiger partial charge on any atom is -0.385 e. The first-order valence-electron chi connectivity index (χ1n) is 17.9. The second-order valence-corrected chi connectivity index (χ2v) is 16.6. The van der Waals surface area contributed by atoms with Gasteiger partial charge in [-0.3, -0.25) is 0 Å². The van der Waals surface area contributed by atoms with E-state index in [-0.39, 0.29) is 11.5 Å². The van der Waals surface area contributed by atoms with E-state index in [2.05, 4.69) is 47.8 Å². The molecule has 9 aliphatic carbocycles. The van der Waals surface area contributed by atoms with Crippen LogP contribution in [0.25, 0.3) is 0 Å². The monoisotopic (exact) mass is 564 g/mol. The van der Waals surface area contributed by atoms with Gasteiger partial charge in [0.25, 0.3) is 0 Å². The van der Waals surface area contributed by atoms with Crippen molar-refractivity contribution in [1.29, 1.82) is 0 Å². The highest BCUT2D eigenvalue weighted by atomic mass is 16.1. The third-order valence-electron chi connectivity index (χ3n) is 15.5. The number of hydrogen-bond acceptors (Lipinski definition) is 3. The van der Waals surface area contributed by atoms with Crippen LogP contribution < -0.4 is 11.1 Å². The molecule has 3 nitrogen and oxygen atoms in total. The highest BCUT2D eigenvalue weighted by Gasteiger charge is 2.76. The summed E-state index contributed by atoms with van der Waals surface area (Å²) in [6, 6.07) is 10.4. The molecule has 8 saturated carbocycles. The Morgan fingerprint density at radius 1 is 0.881 bits per heavy atom. The van der Waals surface area contributed by atoms with Gasteiger partial charge in [-0.05, 0) is 166 Å². The van der Waals surface area contributed by atoms with Crippen molar-refractivity contribution in [1.82, 2.24) is 0 Å². The fourth-order valence-electron chi connectivity index (χ4n) is 14.2. The summed E-state index contributed by atoms with van der Waals surface area (Å²) in [5.74, 6) is 11.1. The summed E-state index contributed by atoms with van der Waals surface area (Å²) in [5.41, 5.74) is 9.85. The molecule has 3 heteroatoms. The highest BCUT2D eigenvalue weighted by molar-refractivity contribution is 5.62. The number of carbonyl (C=O) groups excluding carboxylic acids is 1. The fraction of sp³-hybridized carbons (Fsp3) is 0.718. The molecule has 0 heterocycles. The van der Waals surface area contributed by atoms with E-state index in [1.54, 1.807) is 5.57 Å². The molecule has 4 bridgehead atoms. The van der Waals surface area contributed by atoms with Gasteiger partial charge in [0, 0.05) is 17.6 Å². The van der Waals surface area contributed by atoms with Gasteiger partial charge < -0.3 is 15.8 Å². The second-order valence-electron chi connectivity index (χ2n) is 16.6. The van der Waals surface area contributed by atoms with Crippen LogP contribution in [-0.2, 0) is 4.79 Å². The minimum absolute atomic E-state index is 0.00731. The minimum atomic E-state index is -0.319. The number of hydrogen-bond donors (Lipinski definition) is 2. The van der Waals surface area contributed by atoms with Gasteiger partial charge in [-0.1, -0.05) is 42.5 Å². The van der Waals surface area contributed by atoms with Crippen LogP contribution in [0.5, 0.6) is 0 Å². The lowest BCUT2D eigenvalue weighted by Crippen LogP contribution is -2.44. The third kappa shape index (κ3) is 3.70. The number of fused-ring (bicyclic) bond motifs is 5. The summed E-state index contributed by atoms with van der Waals surface area (Å²) < 4.78 is 0. The Labute approximate surface area is 253 Å². The molecule has 10 rings (SSSR count).